The summed E-state index contributed by atoms with van der Waals surface area (Å²) in [5, 5.41) is 0. The van der Waals surface area contributed by atoms with Gasteiger partial charge in [-0.05, 0) is 36.1 Å². The van der Waals surface area contributed by atoms with E-state index in [4.69, 9.17) is 0 Å². The first-order valence-corrected chi connectivity index (χ1v) is 6.82. The molecule has 1 heterocycles. The van der Waals surface area contributed by atoms with Crippen LogP contribution in [0.25, 0.3) is 0 Å². The Kier molecular flexibility index (Phi) is 2.30. The predicted octanol–water partition coefficient (Wildman–Crippen LogP) is 2.97. The molecule has 3 nitrogen and oxygen atoms in total. The van der Waals surface area contributed by atoms with Crippen LogP contribution in [-0.4, -0.2) is 16.7 Å². The first-order chi connectivity index (χ1) is 9.77. The fourth-order valence-electron chi connectivity index (χ4n) is 3.29. The number of hydrogen-bond acceptors (Lipinski definition) is 2. The second kappa shape index (κ2) is 4.04. The van der Waals surface area contributed by atoms with E-state index in [-0.39, 0.29) is 17.9 Å². The van der Waals surface area contributed by atoms with Gasteiger partial charge in [-0.2, -0.15) is 0 Å². The van der Waals surface area contributed by atoms with Gasteiger partial charge in [0.1, 0.15) is 0 Å². The minimum atomic E-state index is -0.160. The van der Waals surface area contributed by atoms with Gasteiger partial charge in [-0.3, -0.25) is 14.5 Å². The molecule has 4 rings (SSSR count). The third-order valence-electron chi connectivity index (χ3n) is 4.24. The number of aryl methyl sites for hydroxylation is 1. The quantitative estimate of drug-likeness (QED) is 0.742. The number of rotatable bonds is 1. The van der Waals surface area contributed by atoms with E-state index in [2.05, 4.69) is 6.07 Å². The second-order valence-corrected chi connectivity index (χ2v) is 5.28. The number of benzene rings is 2. The molecule has 2 aromatic rings. The summed E-state index contributed by atoms with van der Waals surface area (Å²) >= 11 is 0. The Balaban J connectivity index is 1.79. The first kappa shape index (κ1) is 11.4. The maximum absolute atomic E-state index is 12.5. The van der Waals surface area contributed by atoms with E-state index in [0.717, 1.165) is 18.4 Å². The number of carbonyl (C=O) groups is 2. The number of amides is 2. The molecule has 3 heteroatoms. The molecule has 1 aliphatic heterocycles. The van der Waals surface area contributed by atoms with Gasteiger partial charge in [-0.25, -0.2) is 0 Å². The van der Waals surface area contributed by atoms with E-state index in [9.17, 15) is 9.59 Å². The summed E-state index contributed by atoms with van der Waals surface area (Å²) in [6, 6.07) is 15.0. The zero-order valence-corrected chi connectivity index (χ0v) is 10.9. The van der Waals surface area contributed by atoms with Crippen molar-refractivity contribution in [3.63, 3.8) is 0 Å². The Labute approximate surface area is 116 Å². The fourth-order valence-corrected chi connectivity index (χ4v) is 3.29. The Morgan fingerprint density at radius 1 is 0.850 bits per heavy atom. The lowest BCUT2D eigenvalue weighted by molar-refractivity contribution is 0.0582. The molecule has 0 saturated carbocycles. The summed E-state index contributed by atoms with van der Waals surface area (Å²) < 4.78 is 0. The van der Waals surface area contributed by atoms with Crippen LogP contribution in [0.4, 0.5) is 0 Å². The molecule has 1 atom stereocenters. The molecular weight excluding hydrogens is 250 g/mol. The van der Waals surface area contributed by atoms with Crippen LogP contribution in [0.15, 0.2) is 48.5 Å². The highest BCUT2D eigenvalue weighted by Gasteiger charge is 2.42. The van der Waals surface area contributed by atoms with Gasteiger partial charge in [0, 0.05) is 0 Å². The Morgan fingerprint density at radius 3 is 2.15 bits per heavy atom. The lowest BCUT2D eigenvalue weighted by Gasteiger charge is -2.22. The monoisotopic (exact) mass is 263 g/mol. The van der Waals surface area contributed by atoms with E-state index >= 15 is 0 Å². The van der Waals surface area contributed by atoms with Gasteiger partial charge in [-0.15, -0.1) is 0 Å². The van der Waals surface area contributed by atoms with Crippen LogP contribution in [0.5, 0.6) is 0 Å². The van der Waals surface area contributed by atoms with Crippen LogP contribution in [0, 0.1) is 0 Å². The van der Waals surface area contributed by atoms with E-state index < -0.39 is 0 Å². The molecule has 2 aromatic carbocycles. The summed E-state index contributed by atoms with van der Waals surface area (Å²) in [5.74, 6) is -0.320. The van der Waals surface area contributed by atoms with E-state index in [1.165, 1.54) is 10.5 Å². The van der Waals surface area contributed by atoms with Crippen molar-refractivity contribution in [2.24, 2.45) is 0 Å². The number of imide groups is 1. The lowest BCUT2D eigenvalue weighted by Crippen LogP contribution is -2.33. The van der Waals surface area contributed by atoms with E-state index in [1.54, 1.807) is 24.3 Å². The topological polar surface area (TPSA) is 37.4 Å². The zero-order chi connectivity index (χ0) is 13.7. The third kappa shape index (κ3) is 1.40. The zero-order valence-electron chi connectivity index (χ0n) is 10.9. The molecule has 1 aliphatic carbocycles. The smallest absolute Gasteiger partial charge is 0.262 e. The van der Waals surface area contributed by atoms with Crippen molar-refractivity contribution >= 4 is 11.8 Å². The molecule has 20 heavy (non-hydrogen) atoms. The fraction of sp³-hybridized carbons (Fsp3) is 0.176. The number of fused-ring (bicyclic) bond motifs is 2. The van der Waals surface area contributed by atoms with Gasteiger partial charge in [-0.1, -0.05) is 36.4 Å². The maximum Gasteiger partial charge on any atom is 0.262 e. The summed E-state index contributed by atoms with van der Waals surface area (Å²) in [6.07, 6.45) is 1.75. The van der Waals surface area contributed by atoms with E-state index in [0.29, 0.717) is 11.1 Å². The molecule has 0 spiro atoms. The molecular formula is C17H13NO2. The molecule has 0 saturated heterocycles. The molecule has 0 bridgehead atoms. The Hall–Kier alpha value is -2.42. The van der Waals surface area contributed by atoms with Crippen molar-refractivity contribution in [1.29, 1.82) is 0 Å². The highest BCUT2D eigenvalue weighted by molar-refractivity contribution is 6.21. The highest BCUT2D eigenvalue weighted by atomic mass is 16.2. The molecule has 2 aliphatic rings. The minimum Gasteiger partial charge on any atom is -0.269 e. The van der Waals surface area contributed by atoms with Crippen LogP contribution < -0.4 is 0 Å². The Morgan fingerprint density at radius 2 is 1.45 bits per heavy atom. The van der Waals surface area contributed by atoms with Gasteiger partial charge >= 0.3 is 0 Å². The first-order valence-electron chi connectivity index (χ1n) is 6.82. The second-order valence-electron chi connectivity index (χ2n) is 5.28. The minimum absolute atomic E-state index is 0.112. The molecule has 2 amide bonds. The van der Waals surface area contributed by atoms with Gasteiger partial charge < -0.3 is 0 Å². The summed E-state index contributed by atoms with van der Waals surface area (Å²) in [7, 11) is 0. The van der Waals surface area contributed by atoms with Gasteiger partial charge in [0.2, 0.25) is 0 Å². The predicted molar refractivity (Wildman–Crippen MR) is 74.4 cm³/mol. The third-order valence-corrected chi connectivity index (χ3v) is 4.24. The summed E-state index contributed by atoms with van der Waals surface area (Å²) in [4.78, 5) is 26.5. The number of carbonyl (C=O) groups excluding carboxylic acids is 2. The van der Waals surface area contributed by atoms with Crippen molar-refractivity contribution in [2.45, 2.75) is 18.9 Å². The Bertz CT molecular complexity index is 700. The molecule has 0 fully saturated rings. The van der Waals surface area contributed by atoms with Crippen molar-refractivity contribution in [1.82, 2.24) is 4.90 Å². The summed E-state index contributed by atoms with van der Waals surface area (Å²) in [5.41, 5.74) is 3.42. The van der Waals surface area contributed by atoms with Gasteiger partial charge in [0.05, 0.1) is 17.2 Å². The van der Waals surface area contributed by atoms with Crippen LogP contribution >= 0.6 is 0 Å². The van der Waals surface area contributed by atoms with Crippen LogP contribution in [0.1, 0.15) is 44.3 Å². The highest BCUT2D eigenvalue weighted by Crippen LogP contribution is 2.39. The van der Waals surface area contributed by atoms with Crippen LogP contribution in [-0.2, 0) is 6.42 Å². The average molecular weight is 263 g/mol. The normalized spacial score (nSPS) is 20.2. The number of hydrogen-bond donors (Lipinski definition) is 0. The van der Waals surface area contributed by atoms with Crippen molar-refractivity contribution in [3.05, 3.63) is 70.8 Å². The maximum atomic E-state index is 12.5. The van der Waals surface area contributed by atoms with Gasteiger partial charge in [0.25, 0.3) is 11.8 Å². The standard InChI is InChI=1S/C17H13NO2/c19-16-13-7-3-4-8-14(13)17(20)18(16)15-10-9-11-5-1-2-6-12(11)15/h1-8,15H,9-10H2. The molecule has 0 aromatic heterocycles. The van der Waals surface area contributed by atoms with E-state index in [1.807, 2.05) is 18.2 Å². The average Bonchev–Trinajstić information content (AvgIpc) is 3.01. The lowest BCUT2D eigenvalue weighted by atomic mass is 10.1. The molecule has 98 valence electrons. The SMILES string of the molecule is O=C1c2ccccc2C(=O)N1C1CCc2ccccc21. The van der Waals surface area contributed by atoms with Crippen molar-refractivity contribution < 1.29 is 9.59 Å². The van der Waals surface area contributed by atoms with Crippen LogP contribution in [0.2, 0.25) is 0 Å². The van der Waals surface area contributed by atoms with Crippen LogP contribution in [0.3, 0.4) is 0 Å². The molecule has 0 N–H and O–H groups in total. The van der Waals surface area contributed by atoms with Gasteiger partial charge in [0.15, 0.2) is 0 Å². The molecule has 0 radical (unpaired) electrons. The number of nitrogens with zero attached hydrogens (tertiary/aromatic N) is 1. The summed E-state index contributed by atoms with van der Waals surface area (Å²) in [6.45, 7) is 0. The molecule has 1 unspecified atom stereocenters. The van der Waals surface area contributed by atoms with Crippen molar-refractivity contribution in [2.75, 3.05) is 0 Å². The van der Waals surface area contributed by atoms with Crippen molar-refractivity contribution in [3.8, 4) is 0 Å². The largest absolute Gasteiger partial charge is 0.269 e.